The van der Waals surface area contributed by atoms with Gasteiger partial charge >= 0.3 is 0 Å². The van der Waals surface area contributed by atoms with Crippen molar-refractivity contribution in [1.82, 2.24) is 20.0 Å². The molecule has 1 aromatic rings. The molecule has 1 amide bonds. The minimum absolute atomic E-state index is 0. The molecular formula is C21H34IN5O2. The van der Waals surface area contributed by atoms with E-state index in [2.05, 4.69) is 20.1 Å². The van der Waals surface area contributed by atoms with Crippen molar-refractivity contribution in [2.75, 3.05) is 59.4 Å². The number of halogens is 1. The molecule has 2 fully saturated rings. The molecule has 0 radical (unpaired) electrons. The number of piperazine rings is 1. The maximum Gasteiger partial charge on any atom is 0.219 e. The molecule has 2 aliphatic rings. The van der Waals surface area contributed by atoms with Gasteiger partial charge in [-0.2, -0.15) is 0 Å². The molecule has 0 atom stereocenters. The number of para-hydroxylation sites is 1. The van der Waals surface area contributed by atoms with Crippen molar-refractivity contribution in [1.29, 1.82) is 0 Å². The van der Waals surface area contributed by atoms with E-state index in [4.69, 9.17) is 4.74 Å². The molecule has 8 heteroatoms. The molecule has 0 saturated carbocycles. The van der Waals surface area contributed by atoms with Gasteiger partial charge in [0.1, 0.15) is 11.9 Å². The predicted octanol–water partition coefficient (Wildman–Crippen LogP) is 1.89. The molecular weight excluding hydrogens is 481 g/mol. The van der Waals surface area contributed by atoms with Gasteiger partial charge in [-0.15, -0.1) is 24.0 Å². The Bertz CT molecular complexity index is 642. The number of benzene rings is 1. The smallest absolute Gasteiger partial charge is 0.219 e. The van der Waals surface area contributed by atoms with Crippen LogP contribution in [0.25, 0.3) is 0 Å². The SMILES string of the molecule is CN=C(NCCN1CCN(C(C)=O)CC1)N1CCC(Oc2ccccc2)CC1.I. The Morgan fingerprint density at radius 1 is 1.07 bits per heavy atom. The molecule has 1 N–H and O–H groups in total. The third-order valence-corrected chi connectivity index (χ3v) is 5.53. The first-order valence-electron chi connectivity index (χ1n) is 10.3. The Balaban J connectivity index is 0.00000300. The molecule has 0 aromatic heterocycles. The average Bonchev–Trinajstić information content (AvgIpc) is 2.73. The fraction of sp³-hybridized carbons (Fsp3) is 0.619. The van der Waals surface area contributed by atoms with Crippen molar-refractivity contribution < 1.29 is 9.53 Å². The molecule has 2 aliphatic heterocycles. The normalized spacial score (nSPS) is 18.9. The topological polar surface area (TPSA) is 60.4 Å². The number of aliphatic imine (C=N–C) groups is 1. The Morgan fingerprint density at radius 3 is 2.31 bits per heavy atom. The van der Waals surface area contributed by atoms with Gasteiger partial charge < -0.3 is 19.9 Å². The first kappa shape index (κ1) is 23.7. The summed E-state index contributed by atoms with van der Waals surface area (Å²) < 4.78 is 6.08. The van der Waals surface area contributed by atoms with Crippen LogP contribution in [0.5, 0.6) is 5.75 Å². The van der Waals surface area contributed by atoms with Crippen molar-refractivity contribution in [2.24, 2.45) is 4.99 Å². The number of guanidine groups is 1. The summed E-state index contributed by atoms with van der Waals surface area (Å²) in [5, 5.41) is 3.50. The lowest BCUT2D eigenvalue weighted by atomic mass is 10.1. The van der Waals surface area contributed by atoms with Crippen molar-refractivity contribution in [2.45, 2.75) is 25.9 Å². The van der Waals surface area contributed by atoms with Gasteiger partial charge in [0.2, 0.25) is 5.91 Å². The third kappa shape index (κ3) is 7.33. The zero-order valence-corrected chi connectivity index (χ0v) is 19.9. The van der Waals surface area contributed by atoms with Crippen LogP contribution in [0, 0.1) is 0 Å². The highest BCUT2D eigenvalue weighted by atomic mass is 127. The first-order chi connectivity index (χ1) is 13.7. The summed E-state index contributed by atoms with van der Waals surface area (Å²) in [6, 6.07) is 10.1. The number of carbonyl (C=O) groups is 1. The standard InChI is InChI=1S/C21H33N5O2.HI/c1-18(27)25-16-14-24(15-17-25)13-10-23-21(22-2)26-11-8-20(9-12-26)28-19-6-4-3-5-7-19;/h3-7,20H,8-17H2,1-2H3,(H,22,23);1H. The molecule has 2 saturated heterocycles. The van der Waals surface area contributed by atoms with Crippen LogP contribution < -0.4 is 10.1 Å². The largest absolute Gasteiger partial charge is 0.490 e. The molecule has 7 nitrogen and oxygen atoms in total. The zero-order valence-electron chi connectivity index (χ0n) is 17.5. The lowest BCUT2D eigenvalue weighted by Crippen LogP contribution is -2.51. The number of hydrogen-bond donors (Lipinski definition) is 1. The minimum Gasteiger partial charge on any atom is -0.490 e. The molecule has 2 heterocycles. The van der Waals surface area contributed by atoms with Gasteiger partial charge in [-0.3, -0.25) is 14.7 Å². The third-order valence-electron chi connectivity index (χ3n) is 5.53. The summed E-state index contributed by atoms with van der Waals surface area (Å²) in [7, 11) is 1.85. The zero-order chi connectivity index (χ0) is 19.8. The summed E-state index contributed by atoms with van der Waals surface area (Å²) in [6.45, 7) is 8.95. The number of likely N-dealkylation sites (tertiary alicyclic amines) is 1. The van der Waals surface area contributed by atoms with Gasteiger partial charge in [-0.25, -0.2) is 0 Å². The van der Waals surface area contributed by atoms with Gasteiger partial charge in [-0.05, 0) is 12.1 Å². The number of carbonyl (C=O) groups excluding carboxylic acids is 1. The van der Waals surface area contributed by atoms with E-state index in [9.17, 15) is 4.79 Å². The molecule has 3 rings (SSSR count). The van der Waals surface area contributed by atoms with Gasteiger partial charge in [-0.1, -0.05) is 18.2 Å². The van der Waals surface area contributed by atoms with Crippen LogP contribution in [0.3, 0.4) is 0 Å². The van der Waals surface area contributed by atoms with E-state index in [-0.39, 0.29) is 36.0 Å². The van der Waals surface area contributed by atoms with Crippen LogP contribution in [-0.2, 0) is 4.79 Å². The van der Waals surface area contributed by atoms with E-state index in [0.29, 0.717) is 0 Å². The Morgan fingerprint density at radius 2 is 1.72 bits per heavy atom. The monoisotopic (exact) mass is 515 g/mol. The Hall–Kier alpha value is -1.55. The average molecular weight is 515 g/mol. The lowest BCUT2D eigenvalue weighted by molar-refractivity contribution is -0.130. The van der Waals surface area contributed by atoms with Gasteiger partial charge in [0.15, 0.2) is 5.96 Å². The van der Waals surface area contributed by atoms with Crippen LogP contribution in [0.4, 0.5) is 0 Å². The van der Waals surface area contributed by atoms with Crippen molar-refractivity contribution in [3.63, 3.8) is 0 Å². The second-order valence-electron chi connectivity index (χ2n) is 7.44. The highest BCUT2D eigenvalue weighted by molar-refractivity contribution is 14.0. The highest BCUT2D eigenvalue weighted by Gasteiger charge is 2.23. The van der Waals surface area contributed by atoms with Crippen molar-refractivity contribution in [3.05, 3.63) is 30.3 Å². The molecule has 162 valence electrons. The highest BCUT2D eigenvalue weighted by Crippen LogP contribution is 2.18. The van der Waals surface area contributed by atoms with E-state index in [0.717, 1.165) is 76.9 Å². The molecule has 0 bridgehead atoms. The number of nitrogens with zero attached hydrogens (tertiary/aromatic N) is 4. The van der Waals surface area contributed by atoms with Gasteiger partial charge in [0.25, 0.3) is 0 Å². The second kappa shape index (κ2) is 12.2. The first-order valence-corrected chi connectivity index (χ1v) is 10.3. The number of nitrogens with one attached hydrogen (secondary N) is 1. The van der Waals surface area contributed by atoms with E-state index < -0.39 is 0 Å². The van der Waals surface area contributed by atoms with Crippen LogP contribution in [0.2, 0.25) is 0 Å². The van der Waals surface area contributed by atoms with Crippen molar-refractivity contribution >= 4 is 35.8 Å². The summed E-state index contributed by atoms with van der Waals surface area (Å²) in [6.07, 6.45) is 2.28. The van der Waals surface area contributed by atoms with Crippen LogP contribution in [0.15, 0.2) is 35.3 Å². The molecule has 0 unspecified atom stereocenters. The van der Waals surface area contributed by atoms with Gasteiger partial charge in [0.05, 0.1) is 0 Å². The maximum atomic E-state index is 11.4. The predicted molar refractivity (Wildman–Crippen MR) is 127 cm³/mol. The van der Waals surface area contributed by atoms with Crippen LogP contribution >= 0.6 is 24.0 Å². The summed E-state index contributed by atoms with van der Waals surface area (Å²) in [5.41, 5.74) is 0. The van der Waals surface area contributed by atoms with Gasteiger partial charge in [0, 0.05) is 79.2 Å². The summed E-state index contributed by atoms with van der Waals surface area (Å²) in [5.74, 6) is 2.10. The Kier molecular flexibility index (Phi) is 9.99. The molecule has 1 aromatic carbocycles. The molecule has 29 heavy (non-hydrogen) atoms. The number of rotatable bonds is 5. The van der Waals surface area contributed by atoms with E-state index in [1.165, 1.54) is 0 Å². The van der Waals surface area contributed by atoms with E-state index in [1.807, 2.05) is 42.3 Å². The number of piperidine rings is 1. The number of amides is 1. The fourth-order valence-corrected chi connectivity index (χ4v) is 3.82. The quantitative estimate of drug-likeness (QED) is 0.369. The maximum absolute atomic E-state index is 11.4. The molecule has 0 aliphatic carbocycles. The minimum atomic E-state index is 0. The fourth-order valence-electron chi connectivity index (χ4n) is 3.82. The Labute approximate surface area is 191 Å². The number of hydrogen-bond acceptors (Lipinski definition) is 4. The van der Waals surface area contributed by atoms with E-state index in [1.54, 1.807) is 6.92 Å². The van der Waals surface area contributed by atoms with E-state index >= 15 is 0 Å². The summed E-state index contributed by atoms with van der Waals surface area (Å²) >= 11 is 0. The molecule has 0 spiro atoms. The van der Waals surface area contributed by atoms with Crippen LogP contribution in [-0.4, -0.2) is 92.1 Å². The lowest BCUT2D eigenvalue weighted by Gasteiger charge is -2.36. The number of ether oxygens (including phenoxy) is 1. The van der Waals surface area contributed by atoms with Crippen molar-refractivity contribution in [3.8, 4) is 5.75 Å². The van der Waals surface area contributed by atoms with Crippen LogP contribution in [0.1, 0.15) is 19.8 Å². The summed E-state index contributed by atoms with van der Waals surface area (Å²) in [4.78, 5) is 22.5. The second-order valence-corrected chi connectivity index (χ2v) is 7.44.